The molecule has 0 aromatic heterocycles. The summed E-state index contributed by atoms with van der Waals surface area (Å²) < 4.78 is 16.2. The van der Waals surface area contributed by atoms with Crippen LogP contribution in [0.15, 0.2) is 0 Å². The average Bonchev–Trinajstić information content (AvgIpc) is 2.22. The fraction of sp³-hybridized carbons (Fsp3) is 0.909. The van der Waals surface area contributed by atoms with Crippen LogP contribution in [-0.4, -0.2) is 28.3 Å². The molecule has 0 rings (SSSR count). The van der Waals surface area contributed by atoms with Gasteiger partial charge in [-0.05, 0) is 13.3 Å². The molecule has 0 aliphatic heterocycles. The van der Waals surface area contributed by atoms with Gasteiger partial charge in [-0.3, -0.25) is 9.00 Å². The lowest BCUT2D eigenvalue weighted by molar-refractivity contribution is -0.142. The minimum absolute atomic E-state index is 0.237. The van der Waals surface area contributed by atoms with E-state index in [2.05, 4.69) is 6.92 Å². The van der Waals surface area contributed by atoms with Crippen LogP contribution >= 0.6 is 0 Å². The number of esters is 1. The summed E-state index contributed by atoms with van der Waals surface area (Å²) in [5, 5.41) is 0. The molecule has 0 heterocycles. The highest BCUT2D eigenvalue weighted by Crippen LogP contribution is 2.01. The molecule has 0 saturated carbocycles. The first-order chi connectivity index (χ1) is 7.20. The SMILES string of the molecule is CCCCCCS(=O)CCC(=O)OCC. The maximum Gasteiger partial charge on any atom is 0.306 e. The number of hydrogen-bond donors (Lipinski definition) is 0. The molecule has 1 unspecified atom stereocenters. The molecule has 0 aromatic rings. The highest BCUT2D eigenvalue weighted by molar-refractivity contribution is 7.84. The van der Waals surface area contributed by atoms with E-state index in [1.54, 1.807) is 6.92 Å². The lowest BCUT2D eigenvalue weighted by Gasteiger charge is -2.02. The van der Waals surface area contributed by atoms with Gasteiger partial charge in [0, 0.05) is 22.3 Å². The van der Waals surface area contributed by atoms with Gasteiger partial charge in [-0.25, -0.2) is 0 Å². The Morgan fingerprint density at radius 2 is 1.87 bits per heavy atom. The highest BCUT2D eigenvalue weighted by Gasteiger charge is 2.05. The van der Waals surface area contributed by atoms with Crippen molar-refractivity contribution in [1.82, 2.24) is 0 Å². The fourth-order valence-electron chi connectivity index (χ4n) is 1.22. The first-order valence-electron chi connectivity index (χ1n) is 5.71. The maximum atomic E-state index is 11.4. The Bertz CT molecular complexity index is 192. The van der Waals surface area contributed by atoms with Crippen molar-refractivity contribution in [3.05, 3.63) is 0 Å². The van der Waals surface area contributed by atoms with Gasteiger partial charge in [-0.1, -0.05) is 26.2 Å². The molecular formula is C11H22O3S. The van der Waals surface area contributed by atoms with Crippen molar-refractivity contribution in [2.45, 2.75) is 46.0 Å². The second kappa shape index (κ2) is 10.1. The van der Waals surface area contributed by atoms with Gasteiger partial charge in [0.05, 0.1) is 13.0 Å². The summed E-state index contributed by atoms with van der Waals surface area (Å²) in [5.74, 6) is 0.934. The van der Waals surface area contributed by atoms with Crippen LogP contribution in [0.2, 0.25) is 0 Å². The Morgan fingerprint density at radius 3 is 2.47 bits per heavy atom. The molecule has 4 heteroatoms. The largest absolute Gasteiger partial charge is 0.466 e. The lowest BCUT2D eigenvalue weighted by Crippen LogP contribution is -2.11. The molecule has 0 radical (unpaired) electrons. The normalized spacial score (nSPS) is 12.4. The minimum Gasteiger partial charge on any atom is -0.466 e. The van der Waals surface area contributed by atoms with Crippen molar-refractivity contribution < 1.29 is 13.7 Å². The van der Waals surface area contributed by atoms with E-state index in [0.717, 1.165) is 18.6 Å². The van der Waals surface area contributed by atoms with Crippen molar-refractivity contribution >= 4 is 16.8 Å². The van der Waals surface area contributed by atoms with Crippen molar-refractivity contribution in [1.29, 1.82) is 0 Å². The zero-order valence-corrected chi connectivity index (χ0v) is 10.6. The molecule has 0 N–H and O–H groups in total. The van der Waals surface area contributed by atoms with Crippen molar-refractivity contribution in [2.75, 3.05) is 18.1 Å². The van der Waals surface area contributed by atoms with Gasteiger partial charge >= 0.3 is 5.97 Å². The number of ether oxygens (including phenoxy) is 1. The van der Waals surface area contributed by atoms with E-state index in [9.17, 15) is 9.00 Å². The molecule has 0 aliphatic rings. The van der Waals surface area contributed by atoms with E-state index >= 15 is 0 Å². The molecule has 0 saturated heterocycles. The summed E-state index contributed by atoms with van der Waals surface area (Å²) in [6.07, 6.45) is 4.82. The molecule has 90 valence electrons. The average molecular weight is 234 g/mol. The zero-order valence-electron chi connectivity index (χ0n) is 9.79. The topological polar surface area (TPSA) is 43.4 Å². The summed E-state index contributed by atoms with van der Waals surface area (Å²) >= 11 is 0. The van der Waals surface area contributed by atoms with Crippen LogP contribution in [0.3, 0.4) is 0 Å². The molecular weight excluding hydrogens is 212 g/mol. The highest BCUT2D eigenvalue weighted by atomic mass is 32.2. The standard InChI is InChI=1S/C11H22O3S/c1-3-5-6-7-9-15(13)10-8-11(12)14-4-2/h3-10H2,1-2H3. The van der Waals surface area contributed by atoms with E-state index in [-0.39, 0.29) is 12.4 Å². The molecule has 15 heavy (non-hydrogen) atoms. The van der Waals surface area contributed by atoms with Crippen LogP contribution in [0.4, 0.5) is 0 Å². The Hall–Kier alpha value is -0.380. The van der Waals surface area contributed by atoms with E-state index < -0.39 is 10.8 Å². The minimum atomic E-state index is -0.848. The van der Waals surface area contributed by atoms with Gasteiger partial charge in [-0.2, -0.15) is 0 Å². The second-order valence-corrected chi connectivity index (χ2v) is 5.16. The lowest BCUT2D eigenvalue weighted by atomic mass is 10.2. The monoisotopic (exact) mass is 234 g/mol. The van der Waals surface area contributed by atoms with Gasteiger partial charge in [0.2, 0.25) is 0 Å². The smallest absolute Gasteiger partial charge is 0.306 e. The molecule has 0 amide bonds. The number of rotatable bonds is 9. The van der Waals surface area contributed by atoms with Crippen LogP contribution in [0.5, 0.6) is 0 Å². The summed E-state index contributed by atoms with van der Waals surface area (Å²) in [7, 11) is -0.848. The van der Waals surface area contributed by atoms with Gasteiger partial charge in [0.15, 0.2) is 0 Å². The zero-order chi connectivity index (χ0) is 11.5. The predicted octanol–water partition coefficient (Wildman–Crippen LogP) is 2.27. The summed E-state index contributed by atoms with van der Waals surface area (Å²) in [5.41, 5.74) is 0. The number of carbonyl (C=O) groups is 1. The first-order valence-corrected chi connectivity index (χ1v) is 7.20. The van der Waals surface area contributed by atoms with E-state index in [1.165, 1.54) is 12.8 Å². The molecule has 0 fully saturated rings. The predicted molar refractivity (Wildman–Crippen MR) is 63.3 cm³/mol. The molecule has 0 aromatic carbocycles. The summed E-state index contributed by atoms with van der Waals surface area (Å²) in [6.45, 7) is 4.33. The summed E-state index contributed by atoms with van der Waals surface area (Å²) in [4.78, 5) is 11.0. The third kappa shape index (κ3) is 9.91. The van der Waals surface area contributed by atoms with Crippen molar-refractivity contribution in [3.63, 3.8) is 0 Å². The number of hydrogen-bond acceptors (Lipinski definition) is 3. The van der Waals surface area contributed by atoms with Crippen LogP contribution in [0, 0.1) is 0 Å². The Morgan fingerprint density at radius 1 is 1.13 bits per heavy atom. The van der Waals surface area contributed by atoms with Gasteiger partial charge in [-0.15, -0.1) is 0 Å². The van der Waals surface area contributed by atoms with Gasteiger partial charge in [0.1, 0.15) is 0 Å². The van der Waals surface area contributed by atoms with Gasteiger partial charge < -0.3 is 4.74 Å². The number of carbonyl (C=O) groups excluding carboxylic acids is 1. The third-order valence-corrected chi connectivity index (χ3v) is 3.47. The maximum absolute atomic E-state index is 11.4. The quantitative estimate of drug-likeness (QED) is 0.454. The Kier molecular flexibility index (Phi) is 9.89. The van der Waals surface area contributed by atoms with Crippen molar-refractivity contribution in [3.8, 4) is 0 Å². The van der Waals surface area contributed by atoms with E-state index in [4.69, 9.17) is 4.74 Å². The molecule has 0 spiro atoms. The molecule has 0 bridgehead atoms. The first kappa shape index (κ1) is 14.6. The van der Waals surface area contributed by atoms with Crippen LogP contribution in [0.1, 0.15) is 46.0 Å². The Labute approximate surface area is 95.0 Å². The fourth-order valence-corrected chi connectivity index (χ4v) is 2.35. The Balaban J connectivity index is 3.36. The van der Waals surface area contributed by atoms with Crippen LogP contribution in [-0.2, 0) is 20.3 Å². The molecule has 1 atom stereocenters. The van der Waals surface area contributed by atoms with Gasteiger partial charge in [0.25, 0.3) is 0 Å². The van der Waals surface area contributed by atoms with Crippen LogP contribution < -0.4 is 0 Å². The summed E-state index contributed by atoms with van der Waals surface area (Å²) in [6, 6.07) is 0. The molecule has 3 nitrogen and oxygen atoms in total. The van der Waals surface area contributed by atoms with E-state index in [1.807, 2.05) is 0 Å². The molecule has 0 aliphatic carbocycles. The third-order valence-electron chi connectivity index (χ3n) is 2.06. The second-order valence-electron chi connectivity index (χ2n) is 3.46. The van der Waals surface area contributed by atoms with Crippen molar-refractivity contribution in [2.24, 2.45) is 0 Å². The van der Waals surface area contributed by atoms with Crippen LogP contribution in [0.25, 0.3) is 0 Å². The number of unbranched alkanes of at least 4 members (excludes halogenated alkanes) is 3. The van der Waals surface area contributed by atoms with E-state index in [0.29, 0.717) is 12.4 Å².